The van der Waals surface area contributed by atoms with Crippen molar-refractivity contribution in [3.63, 3.8) is 0 Å². The number of aromatic amines is 1. The third-order valence-corrected chi connectivity index (χ3v) is 6.55. The summed E-state index contributed by atoms with van der Waals surface area (Å²) >= 11 is 5.76. The zero-order chi connectivity index (χ0) is 23.1. The highest BCUT2D eigenvalue weighted by Crippen LogP contribution is 2.19. The number of hydrogen-bond acceptors (Lipinski definition) is 3. The molecule has 5 nitrogen and oxygen atoms in total. The van der Waals surface area contributed by atoms with E-state index in [1.54, 1.807) is 0 Å². The molecule has 0 fully saturated rings. The molecule has 2 N–H and O–H groups in total. The van der Waals surface area contributed by atoms with Gasteiger partial charge in [-0.25, -0.2) is 0 Å². The van der Waals surface area contributed by atoms with Crippen molar-refractivity contribution in [2.75, 3.05) is 26.2 Å². The van der Waals surface area contributed by atoms with Crippen molar-refractivity contribution in [2.24, 2.45) is 0 Å². The average molecular weight is 451 g/mol. The van der Waals surface area contributed by atoms with Crippen LogP contribution in [-0.2, 0) is 13.1 Å². The molecule has 3 aromatic rings. The van der Waals surface area contributed by atoms with Crippen LogP contribution < -0.4 is 10.9 Å². The molecule has 32 heavy (non-hydrogen) atoms. The van der Waals surface area contributed by atoms with Gasteiger partial charge in [-0.3, -0.25) is 4.79 Å². The third-order valence-electron chi connectivity index (χ3n) is 6.14. The molecule has 0 radical (unpaired) electrons. The van der Waals surface area contributed by atoms with Crippen molar-refractivity contribution in [1.29, 1.82) is 0 Å². The number of thiocarbonyl (C=S) groups is 1. The standard InChI is InChI=1S/C26H34N4OS/c1-5-29(6-2)14-15-30(26(32)27-17-21-10-8-7-9-11-21)18-23-16-22-13-12-19(3)20(4)24(22)28-25(23)31/h7-13,16H,5-6,14-15,17-18H2,1-4H3,(H,27,32)(H,28,31). The van der Waals surface area contributed by atoms with E-state index in [1.807, 2.05) is 31.2 Å². The second-order valence-electron chi connectivity index (χ2n) is 8.19. The average Bonchev–Trinajstić information content (AvgIpc) is 2.81. The quantitative estimate of drug-likeness (QED) is 0.474. The van der Waals surface area contributed by atoms with Gasteiger partial charge < -0.3 is 20.1 Å². The Labute approximate surface area is 196 Å². The number of likely N-dealkylation sites (N-methyl/N-ethyl adjacent to an activating group) is 1. The summed E-state index contributed by atoms with van der Waals surface area (Å²) in [7, 11) is 0. The van der Waals surface area contributed by atoms with Gasteiger partial charge in [-0.1, -0.05) is 56.3 Å². The van der Waals surface area contributed by atoms with E-state index >= 15 is 0 Å². The van der Waals surface area contributed by atoms with Crippen molar-refractivity contribution in [2.45, 2.75) is 40.8 Å². The molecule has 0 unspecified atom stereocenters. The molecular weight excluding hydrogens is 416 g/mol. The van der Waals surface area contributed by atoms with E-state index in [0.717, 1.165) is 48.2 Å². The SMILES string of the molecule is CCN(CC)CCN(Cc1cc2ccc(C)c(C)c2[nH]c1=O)C(=S)NCc1ccccc1. The summed E-state index contributed by atoms with van der Waals surface area (Å²) in [5.74, 6) is 0. The molecule has 0 saturated heterocycles. The Morgan fingerprint density at radius 2 is 1.75 bits per heavy atom. The van der Waals surface area contributed by atoms with Crippen LogP contribution in [0.3, 0.4) is 0 Å². The normalized spacial score (nSPS) is 11.2. The van der Waals surface area contributed by atoms with Gasteiger partial charge in [0.25, 0.3) is 5.56 Å². The van der Waals surface area contributed by atoms with E-state index in [9.17, 15) is 4.79 Å². The molecule has 0 bridgehead atoms. The van der Waals surface area contributed by atoms with Crippen LogP contribution in [0, 0.1) is 13.8 Å². The number of nitrogens with one attached hydrogen (secondary N) is 2. The summed E-state index contributed by atoms with van der Waals surface area (Å²) in [5, 5.41) is 5.10. The van der Waals surface area contributed by atoms with Gasteiger partial charge in [-0.15, -0.1) is 0 Å². The maximum absolute atomic E-state index is 12.9. The number of benzene rings is 2. The van der Waals surface area contributed by atoms with Gasteiger partial charge in [0.05, 0.1) is 12.1 Å². The Balaban J connectivity index is 1.82. The van der Waals surface area contributed by atoms with Crippen molar-refractivity contribution < 1.29 is 0 Å². The van der Waals surface area contributed by atoms with Crippen molar-refractivity contribution in [3.8, 4) is 0 Å². The Morgan fingerprint density at radius 1 is 1.03 bits per heavy atom. The van der Waals surface area contributed by atoms with Crippen LogP contribution >= 0.6 is 12.2 Å². The second-order valence-corrected chi connectivity index (χ2v) is 8.57. The van der Waals surface area contributed by atoms with Gasteiger partial charge in [0, 0.05) is 25.2 Å². The van der Waals surface area contributed by atoms with Crippen molar-refractivity contribution in [3.05, 3.63) is 81.1 Å². The van der Waals surface area contributed by atoms with Crippen molar-refractivity contribution >= 4 is 28.2 Å². The fourth-order valence-electron chi connectivity index (χ4n) is 3.83. The molecule has 0 atom stereocenters. The first kappa shape index (κ1) is 24.0. The van der Waals surface area contributed by atoms with Gasteiger partial charge in [0.15, 0.2) is 5.11 Å². The number of aromatic nitrogens is 1. The monoisotopic (exact) mass is 450 g/mol. The summed E-state index contributed by atoms with van der Waals surface area (Å²) in [5.41, 5.74) is 5.05. The lowest BCUT2D eigenvalue weighted by Crippen LogP contribution is -2.44. The van der Waals surface area contributed by atoms with E-state index in [4.69, 9.17) is 12.2 Å². The summed E-state index contributed by atoms with van der Waals surface area (Å²) < 4.78 is 0. The molecule has 1 aromatic heterocycles. The third kappa shape index (κ3) is 5.96. The smallest absolute Gasteiger partial charge is 0.253 e. The first-order chi connectivity index (χ1) is 15.4. The van der Waals surface area contributed by atoms with Crippen LogP contribution in [0.1, 0.15) is 36.1 Å². The highest BCUT2D eigenvalue weighted by molar-refractivity contribution is 7.80. The maximum Gasteiger partial charge on any atom is 0.253 e. The maximum atomic E-state index is 12.9. The molecule has 2 aromatic carbocycles. The molecule has 0 aliphatic heterocycles. The number of nitrogens with zero attached hydrogens (tertiary/aromatic N) is 2. The first-order valence-electron chi connectivity index (χ1n) is 11.3. The van der Waals surface area contributed by atoms with Crippen LogP contribution in [0.2, 0.25) is 0 Å². The van der Waals surface area contributed by atoms with E-state index in [2.05, 4.69) is 65.1 Å². The van der Waals surface area contributed by atoms with Gasteiger partial charge in [-0.05, 0) is 67.3 Å². The first-order valence-corrected chi connectivity index (χ1v) is 11.7. The predicted molar refractivity (Wildman–Crippen MR) is 138 cm³/mol. The minimum atomic E-state index is -0.0510. The Morgan fingerprint density at radius 3 is 2.44 bits per heavy atom. The lowest BCUT2D eigenvalue weighted by molar-refractivity contribution is 0.263. The molecule has 0 aliphatic carbocycles. The van der Waals surface area contributed by atoms with Gasteiger partial charge in [0.1, 0.15) is 0 Å². The van der Waals surface area contributed by atoms with Gasteiger partial charge in [0.2, 0.25) is 0 Å². The molecule has 0 aliphatic rings. The van der Waals surface area contributed by atoms with Crippen LogP contribution in [0.4, 0.5) is 0 Å². The number of rotatable bonds is 9. The summed E-state index contributed by atoms with van der Waals surface area (Å²) in [4.78, 5) is 20.5. The number of H-pyrrole nitrogens is 1. The molecule has 6 heteroatoms. The molecule has 0 amide bonds. The Bertz CT molecular complexity index is 1110. The molecule has 170 valence electrons. The molecule has 1 heterocycles. The predicted octanol–water partition coefficient (Wildman–Crippen LogP) is 4.36. The van der Waals surface area contributed by atoms with Crippen LogP contribution in [-0.4, -0.2) is 46.1 Å². The zero-order valence-corrected chi connectivity index (χ0v) is 20.4. The van der Waals surface area contributed by atoms with Gasteiger partial charge >= 0.3 is 0 Å². The fourth-order valence-corrected chi connectivity index (χ4v) is 4.06. The Kier molecular flexibility index (Phi) is 8.42. The highest BCUT2D eigenvalue weighted by Gasteiger charge is 2.15. The fraction of sp³-hybridized carbons (Fsp3) is 0.385. The minimum Gasteiger partial charge on any atom is -0.358 e. The largest absolute Gasteiger partial charge is 0.358 e. The summed E-state index contributed by atoms with van der Waals surface area (Å²) in [6.07, 6.45) is 0. The Hall–Kier alpha value is -2.70. The molecule has 0 saturated carbocycles. The van der Waals surface area contributed by atoms with E-state index in [1.165, 1.54) is 11.1 Å². The number of pyridine rings is 1. The second kappa shape index (κ2) is 11.2. The van der Waals surface area contributed by atoms with E-state index in [0.29, 0.717) is 18.2 Å². The van der Waals surface area contributed by atoms with E-state index < -0.39 is 0 Å². The molecule has 0 spiro atoms. The van der Waals surface area contributed by atoms with E-state index in [-0.39, 0.29) is 5.56 Å². The van der Waals surface area contributed by atoms with Gasteiger partial charge in [-0.2, -0.15) is 0 Å². The molecule has 3 rings (SSSR count). The highest BCUT2D eigenvalue weighted by atomic mass is 32.1. The number of aryl methyl sites for hydroxylation is 2. The lowest BCUT2D eigenvalue weighted by Gasteiger charge is -2.29. The summed E-state index contributed by atoms with van der Waals surface area (Å²) in [6, 6.07) is 16.4. The zero-order valence-electron chi connectivity index (χ0n) is 19.6. The molecular formula is C26H34N4OS. The number of fused-ring (bicyclic) bond motifs is 1. The minimum absolute atomic E-state index is 0.0510. The topological polar surface area (TPSA) is 51.4 Å². The van der Waals surface area contributed by atoms with Crippen LogP contribution in [0.25, 0.3) is 10.9 Å². The summed E-state index contributed by atoms with van der Waals surface area (Å²) in [6.45, 7) is 13.2. The lowest BCUT2D eigenvalue weighted by atomic mass is 10.0. The van der Waals surface area contributed by atoms with Crippen molar-refractivity contribution in [1.82, 2.24) is 20.1 Å². The van der Waals surface area contributed by atoms with Crippen LogP contribution in [0.5, 0.6) is 0 Å². The van der Waals surface area contributed by atoms with Crippen LogP contribution in [0.15, 0.2) is 53.3 Å². The number of hydrogen-bond donors (Lipinski definition) is 2.